The van der Waals surface area contributed by atoms with Gasteiger partial charge >= 0.3 is 11.9 Å². The normalized spacial score (nSPS) is 12.4. The van der Waals surface area contributed by atoms with E-state index in [9.17, 15) is 33.3 Å². The molecule has 0 aliphatic carbocycles. The summed E-state index contributed by atoms with van der Waals surface area (Å²) in [5.41, 5.74) is -0.335. The summed E-state index contributed by atoms with van der Waals surface area (Å²) in [5.74, 6) is -5.73. The van der Waals surface area contributed by atoms with Crippen LogP contribution in [0.3, 0.4) is 0 Å². The van der Waals surface area contributed by atoms with Gasteiger partial charge < -0.3 is 14.8 Å². The number of carbonyl (C=O) groups is 3. The number of rotatable bonds is 8. The molecule has 0 heterocycles. The molecule has 0 saturated carbocycles. The molecule has 0 saturated heterocycles. The third-order valence-electron chi connectivity index (χ3n) is 4.42. The molecule has 9 nitrogen and oxygen atoms in total. The molecule has 1 N–H and O–H groups in total. The fourth-order valence-corrected chi connectivity index (χ4v) is 2.89. The van der Waals surface area contributed by atoms with E-state index in [-0.39, 0.29) is 11.3 Å². The fraction of sp³-hybridized carbons (Fsp3) is 0.250. The minimum Gasteiger partial charge on any atom is -0.469 e. The van der Waals surface area contributed by atoms with Crippen LogP contribution in [0.15, 0.2) is 42.5 Å². The number of hydrogen-bond donors (Lipinski definition) is 1. The van der Waals surface area contributed by atoms with Crippen molar-refractivity contribution in [3.05, 3.63) is 75.3 Å². The van der Waals surface area contributed by atoms with Gasteiger partial charge in [0, 0.05) is 29.7 Å². The second kappa shape index (κ2) is 10.2. The molecule has 0 fully saturated rings. The maximum atomic E-state index is 13.5. The van der Waals surface area contributed by atoms with Crippen molar-refractivity contribution in [1.82, 2.24) is 5.32 Å². The van der Waals surface area contributed by atoms with Crippen molar-refractivity contribution in [2.24, 2.45) is 0 Å². The Morgan fingerprint density at radius 3 is 2.10 bits per heavy atom. The van der Waals surface area contributed by atoms with Crippen molar-refractivity contribution in [2.45, 2.75) is 18.4 Å². The smallest absolute Gasteiger partial charge is 0.329 e. The molecule has 11 heteroatoms. The predicted octanol–water partition coefficient (Wildman–Crippen LogP) is 2.49. The second-order valence-corrected chi connectivity index (χ2v) is 6.37. The van der Waals surface area contributed by atoms with Crippen LogP contribution in [0.25, 0.3) is 0 Å². The van der Waals surface area contributed by atoms with Crippen molar-refractivity contribution in [2.75, 3.05) is 14.2 Å². The number of nitrogens with zero attached hydrogens (tertiary/aromatic N) is 1. The topological polar surface area (TPSA) is 125 Å². The lowest BCUT2D eigenvalue weighted by molar-refractivity contribution is -0.384. The molecule has 2 aromatic rings. The average Bonchev–Trinajstić information content (AvgIpc) is 2.74. The molecule has 0 aliphatic rings. The number of non-ortho nitro benzene ring substituents is 1. The van der Waals surface area contributed by atoms with E-state index >= 15 is 0 Å². The van der Waals surface area contributed by atoms with Gasteiger partial charge in [0.15, 0.2) is 0 Å². The average molecular weight is 436 g/mol. The standard InChI is InChI=1S/C20H18F2N2O7/c1-30-17(25)10-16(11-3-5-15(6-4-11)24(28)29)18(20(27)31-2)23-19(26)12-7-13(21)9-14(22)8-12/h3-9,16,18H,10H2,1-2H3,(H,23,26)/t16-,18-/m1/s1. The summed E-state index contributed by atoms with van der Waals surface area (Å²) in [7, 11) is 2.17. The fourth-order valence-electron chi connectivity index (χ4n) is 2.89. The largest absolute Gasteiger partial charge is 0.469 e. The summed E-state index contributed by atoms with van der Waals surface area (Å²) in [4.78, 5) is 47.2. The number of esters is 2. The first kappa shape index (κ1) is 23.4. The number of benzene rings is 2. The van der Waals surface area contributed by atoms with Gasteiger partial charge in [0.05, 0.1) is 25.6 Å². The Morgan fingerprint density at radius 1 is 1.03 bits per heavy atom. The number of methoxy groups -OCH3 is 2. The van der Waals surface area contributed by atoms with E-state index in [2.05, 4.69) is 10.1 Å². The highest BCUT2D eigenvalue weighted by molar-refractivity contribution is 5.97. The van der Waals surface area contributed by atoms with Crippen LogP contribution in [-0.4, -0.2) is 43.0 Å². The van der Waals surface area contributed by atoms with E-state index in [1.165, 1.54) is 12.1 Å². The Kier molecular flexibility index (Phi) is 7.72. The molecule has 0 bridgehead atoms. The molecule has 1 amide bonds. The highest BCUT2D eigenvalue weighted by Crippen LogP contribution is 2.27. The molecule has 0 aromatic heterocycles. The van der Waals surface area contributed by atoms with Crippen LogP contribution >= 0.6 is 0 Å². The molecule has 2 aromatic carbocycles. The minimum absolute atomic E-state index is 0.227. The number of nitro benzene ring substituents is 1. The SMILES string of the molecule is COC(=O)C[C@H](c1ccc([N+](=O)[O-])cc1)[C@@H](NC(=O)c1cc(F)cc(F)c1)C(=O)OC. The molecule has 164 valence electrons. The summed E-state index contributed by atoms with van der Waals surface area (Å²) >= 11 is 0. The van der Waals surface area contributed by atoms with E-state index in [1.807, 2.05) is 0 Å². The molecule has 0 radical (unpaired) electrons. The number of carbonyl (C=O) groups excluding carboxylic acids is 3. The van der Waals surface area contributed by atoms with Crippen molar-refractivity contribution in [3.8, 4) is 0 Å². The van der Waals surface area contributed by atoms with Gasteiger partial charge in [0.25, 0.3) is 11.6 Å². The Bertz CT molecular complexity index is 975. The van der Waals surface area contributed by atoms with Gasteiger partial charge in [-0.1, -0.05) is 12.1 Å². The molecule has 0 aliphatic heterocycles. The zero-order chi connectivity index (χ0) is 23.1. The van der Waals surface area contributed by atoms with E-state index < -0.39 is 58.3 Å². The minimum atomic E-state index is -1.47. The van der Waals surface area contributed by atoms with Gasteiger partial charge in [-0.15, -0.1) is 0 Å². The molecule has 2 rings (SSSR count). The maximum Gasteiger partial charge on any atom is 0.329 e. The predicted molar refractivity (Wildman–Crippen MR) is 102 cm³/mol. The second-order valence-electron chi connectivity index (χ2n) is 6.37. The van der Waals surface area contributed by atoms with Gasteiger partial charge in [0.2, 0.25) is 0 Å². The molecule has 0 spiro atoms. The summed E-state index contributed by atoms with van der Waals surface area (Å²) in [6.45, 7) is 0. The number of nitrogens with one attached hydrogen (secondary N) is 1. The van der Waals surface area contributed by atoms with Crippen molar-refractivity contribution in [3.63, 3.8) is 0 Å². The highest BCUT2D eigenvalue weighted by Gasteiger charge is 2.34. The molecule has 31 heavy (non-hydrogen) atoms. The zero-order valence-electron chi connectivity index (χ0n) is 16.5. The Hall–Kier alpha value is -3.89. The lowest BCUT2D eigenvalue weighted by Gasteiger charge is -2.26. The van der Waals surface area contributed by atoms with Crippen LogP contribution in [0.4, 0.5) is 14.5 Å². The van der Waals surface area contributed by atoms with Crippen LogP contribution in [0, 0.1) is 21.7 Å². The Morgan fingerprint density at radius 2 is 1.61 bits per heavy atom. The van der Waals surface area contributed by atoms with Crippen molar-refractivity contribution >= 4 is 23.5 Å². The maximum absolute atomic E-state index is 13.5. The van der Waals surface area contributed by atoms with Gasteiger partial charge in [-0.05, 0) is 17.7 Å². The van der Waals surface area contributed by atoms with Gasteiger partial charge in [-0.2, -0.15) is 0 Å². The van der Waals surface area contributed by atoms with Crippen LogP contribution in [0.1, 0.15) is 28.3 Å². The van der Waals surface area contributed by atoms with Crippen LogP contribution in [-0.2, 0) is 19.1 Å². The first-order valence-electron chi connectivity index (χ1n) is 8.82. The summed E-state index contributed by atoms with van der Waals surface area (Å²) < 4.78 is 36.3. The number of nitro groups is 1. The lowest BCUT2D eigenvalue weighted by Crippen LogP contribution is -2.46. The third kappa shape index (κ3) is 6.04. The van der Waals surface area contributed by atoms with Crippen molar-refractivity contribution in [1.29, 1.82) is 0 Å². The van der Waals surface area contributed by atoms with Crippen LogP contribution in [0.5, 0.6) is 0 Å². The monoisotopic (exact) mass is 436 g/mol. The summed E-state index contributed by atoms with van der Waals surface area (Å²) in [5, 5.41) is 13.2. The van der Waals surface area contributed by atoms with Gasteiger partial charge in [-0.25, -0.2) is 13.6 Å². The first-order chi connectivity index (χ1) is 14.7. The highest BCUT2D eigenvalue weighted by atomic mass is 19.1. The van der Waals surface area contributed by atoms with Crippen LogP contribution < -0.4 is 5.32 Å². The quantitative estimate of drug-likeness (QED) is 0.383. The number of hydrogen-bond acceptors (Lipinski definition) is 7. The number of halogens is 2. The molecule has 0 unspecified atom stereocenters. The number of ether oxygens (including phenoxy) is 2. The Balaban J connectivity index is 2.44. The lowest BCUT2D eigenvalue weighted by atomic mass is 9.88. The third-order valence-corrected chi connectivity index (χ3v) is 4.42. The molecule has 2 atom stereocenters. The van der Waals surface area contributed by atoms with Gasteiger partial charge in [-0.3, -0.25) is 19.7 Å². The van der Waals surface area contributed by atoms with Gasteiger partial charge in [0.1, 0.15) is 17.7 Å². The van der Waals surface area contributed by atoms with E-state index in [0.29, 0.717) is 6.07 Å². The molecular formula is C20H18F2N2O7. The van der Waals surface area contributed by atoms with E-state index in [0.717, 1.165) is 38.5 Å². The zero-order valence-corrected chi connectivity index (χ0v) is 16.5. The summed E-state index contributed by atoms with van der Waals surface area (Å²) in [6, 6.07) is 5.61. The van der Waals surface area contributed by atoms with Crippen LogP contribution in [0.2, 0.25) is 0 Å². The Labute approximate surface area is 175 Å². The van der Waals surface area contributed by atoms with E-state index in [4.69, 9.17) is 4.74 Å². The summed E-state index contributed by atoms with van der Waals surface area (Å²) in [6.07, 6.45) is -0.397. The molecular weight excluding hydrogens is 418 g/mol. The number of amides is 1. The van der Waals surface area contributed by atoms with Crippen molar-refractivity contribution < 1.29 is 37.6 Å². The first-order valence-corrected chi connectivity index (χ1v) is 8.82. The van der Waals surface area contributed by atoms with E-state index in [1.54, 1.807) is 0 Å².